The quantitative estimate of drug-likeness (QED) is 0.217. The number of hydrogen-bond acceptors (Lipinski definition) is 1. The first-order valence-corrected chi connectivity index (χ1v) is 12.7. The molecule has 1 aliphatic rings. The van der Waals surface area contributed by atoms with Crippen molar-refractivity contribution in [1.29, 1.82) is 0 Å². The summed E-state index contributed by atoms with van der Waals surface area (Å²) in [6.45, 7) is 0. The normalized spacial score (nSPS) is 12.0. The molecule has 0 bridgehead atoms. The fraction of sp³-hybridized carbons (Fsp3) is 0. The molecule has 8 rings (SSSR count). The van der Waals surface area contributed by atoms with Crippen LogP contribution in [0.1, 0.15) is 0 Å². The zero-order valence-electron chi connectivity index (χ0n) is 20.1. The third kappa shape index (κ3) is 3.04. The predicted octanol–water partition coefficient (Wildman–Crippen LogP) is 10.3. The molecule has 0 saturated carbocycles. The zero-order valence-corrected chi connectivity index (χ0v) is 20.1. The van der Waals surface area contributed by atoms with Gasteiger partial charge in [0.2, 0.25) is 0 Å². The molecule has 0 saturated heterocycles. The number of para-hydroxylation sites is 1. The van der Waals surface area contributed by atoms with Gasteiger partial charge in [0.25, 0.3) is 0 Å². The van der Waals surface area contributed by atoms with Crippen molar-refractivity contribution < 1.29 is 4.74 Å². The molecule has 0 aromatic heterocycles. The predicted molar refractivity (Wildman–Crippen MR) is 155 cm³/mol. The van der Waals surface area contributed by atoms with Gasteiger partial charge in [0, 0.05) is 11.1 Å². The van der Waals surface area contributed by atoms with E-state index in [0.717, 1.165) is 22.6 Å². The minimum atomic E-state index is 0.887. The lowest BCUT2D eigenvalue weighted by atomic mass is 9.90. The van der Waals surface area contributed by atoms with Gasteiger partial charge in [-0.25, -0.2) is 0 Å². The summed E-state index contributed by atoms with van der Waals surface area (Å²) >= 11 is 0. The molecule has 0 radical (unpaired) electrons. The Balaban J connectivity index is 1.37. The Bertz CT molecular complexity index is 1980. The summed E-state index contributed by atoms with van der Waals surface area (Å²) in [6, 6.07) is 47.8. The van der Waals surface area contributed by atoms with E-state index in [2.05, 4.69) is 121 Å². The first kappa shape index (κ1) is 20.3. The zero-order chi connectivity index (χ0) is 24.3. The Kier molecular flexibility index (Phi) is 4.29. The standard InChI is InChI=1S/C36H22O/c1-2-11-27-25(9-1)26-10-3-5-13-29(26)33-21-23(17-19-31(27)33)24-18-20-36-34(22-24)30-14-6-4-12-28(30)32-15-7-8-16-35(32)37-36/h1-22H. The number of fused-ring (bicyclic) bond motifs is 11. The van der Waals surface area contributed by atoms with E-state index in [4.69, 9.17) is 4.74 Å². The van der Waals surface area contributed by atoms with E-state index in [0.29, 0.717) is 0 Å². The van der Waals surface area contributed by atoms with Gasteiger partial charge in [-0.2, -0.15) is 0 Å². The summed E-state index contributed by atoms with van der Waals surface area (Å²) in [5.41, 5.74) is 7.02. The largest absolute Gasteiger partial charge is 0.456 e. The van der Waals surface area contributed by atoms with Gasteiger partial charge in [0.15, 0.2) is 0 Å². The molecule has 1 aliphatic heterocycles. The number of benzene rings is 7. The molecular formula is C36H22O. The smallest absolute Gasteiger partial charge is 0.135 e. The summed E-state index contributed by atoms with van der Waals surface area (Å²) in [7, 11) is 0. The van der Waals surface area contributed by atoms with Gasteiger partial charge < -0.3 is 4.74 Å². The van der Waals surface area contributed by atoms with E-state index >= 15 is 0 Å². The highest BCUT2D eigenvalue weighted by Crippen LogP contribution is 2.47. The maximum Gasteiger partial charge on any atom is 0.135 e. The van der Waals surface area contributed by atoms with E-state index in [-0.39, 0.29) is 0 Å². The third-order valence-electron chi connectivity index (χ3n) is 7.67. The second-order valence-electron chi connectivity index (χ2n) is 9.71. The highest BCUT2D eigenvalue weighted by molar-refractivity contribution is 6.25. The Labute approximate surface area is 215 Å². The van der Waals surface area contributed by atoms with Crippen molar-refractivity contribution in [3.63, 3.8) is 0 Å². The van der Waals surface area contributed by atoms with Crippen LogP contribution in [0.25, 0.3) is 65.7 Å². The molecule has 0 aliphatic carbocycles. The van der Waals surface area contributed by atoms with Crippen molar-refractivity contribution in [2.45, 2.75) is 0 Å². The fourth-order valence-electron chi connectivity index (χ4n) is 5.95. The van der Waals surface area contributed by atoms with Crippen molar-refractivity contribution in [2.24, 2.45) is 0 Å². The average molecular weight is 471 g/mol. The van der Waals surface area contributed by atoms with Crippen molar-refractivity contribution >= 4 is 32.3 Å². The molecule has 0 unspecified atom stereocenters. The molecule has 37 heavy (non-hydrogen) atoms. The third-order valence-corrected chi connectivity index (χ3v) is 7.67. The van der Waals surface area contributed by atoms with Gasteiger partial charge in [-0.15, -0.1) is 0 Å². The molecule has 0 spiro atoms. The van der Waals surface area contributed by atoms with Gasteiger partial charge >= 0.3 is 0 Å². The summed E-state index contributed by atoms with van der Waals surface area (Å²) in [4.78, 5) is 0. The minimum Gasteiger partial charge on any atom is -0.456 e. The summed E-state index contributed by atoms with van der Waals surface area (Å²) in [5, 5.41) is 7.76. The van der Waals surface area contributed by atoms with Crippen molar-refractivity contribution in [2.75, 3.05) is 0 Å². The molecule has 7 aromatic rings. The first-order chi connectivity index (χ1) is 18.3. The highest BCUT2D eigenvalue weighted by atomic mass is 16.5. The first-order valence-electron chi connectivity index (χ1n) is 12.7. The van der Waals surface area contributed by atoms with Crippen LogP contribution >= 0.6 is 0 Å². The summed E-state index contributed by atoms with van der Waals surface area (Å²) < 4.78 is 6.45. The van der Waals surface area contributed by atoms with Crippen LogP contribution in [0, 0.1) is 0 Å². The van der Waals surface area contributed by atoms with Crippen molar-refractivity contribution in [3.8, 4) is 44.9 Å². The summed E-state index contributed by atoms with van der Waals surface area (Å²) in [5.74, 6) is 1.78. The second kappa shape index (κ2) is 7.81. The number of hydrogen-bond donors (Lipinski definition) is 0. The van der Waals surface area contributed by atoms with E-state index in [9.17, 15) is 0 Å². The van der Waals surface area contributed by atoms with Crippen LogP contribution in [-0.2, 0) is 0 Å². The molecule has 172 valence electrons. The topological polar surface area (TPSA) is 9.23 Å². The Morgan fingerprint density at radius 2 is 0.757 bits per heavy atom. The number of rotatable bonds is 1. The molecule has 0 N–H and O–H groups in total. The van der Waals surface area contributed by atoms with Crippen LogP contribution < -0.4 is 4.74 Å². The molecule has 1 heterocycles. The van der Waals surface area contributed by atoms with Gasteiger partial charge in [0.05, 0.1) is 0 Å². The summed E-state index contributed by atoms with van der Waals surface area (Å²) in [6.07, 6.45) is 0. The van der Waals surface area contributed by atoms with Crippen LogP contribution in [0.5, 0.6) is 11.5 Å². The second-order valence-corrected chi connectivity index (χ2v) is 9.71. The van der Waals surface area contributed by atoms with Crippen LogP contribution in [0.4, 0.5) is 0 Å². The van der Waals surface area contributed by atoms with Crippen LogP contribution in [0.3, 0.4) is 0 Å². The maximum absolute atomic E-state index is 6.45. The van der Waals surface area contributed by atoms with E-state index < -0.39 is 0 Å². The number of ether oxygens (including phenoxy) is 1. The molecule has 1 nitrogen and oxygen atoms in total. The van der Waals surface area contributed by atoms with Crippen LogP contribution in [-0.4, -0.2) is 0 Å². The van der Waals surface area contributed by atoms with Gasteiger partial charge in [-0.1, -0.05) is 109 Å². The molecule has 0 amide bonds. The lowest BCUT2D eigenvalue weighted by Crippen LogP contribution is -1.88. The van der Waals surface area contributed by atoms with Crippen LogP contribution in [0.2, 0.25) is 0 Å². The lowest BCUT2D eigenvalue weighted by Gasteiger charge is -2.14. The van der Waals surface area contributed by atoms with Crippen molar-refractivity contribution in [1.82, 2.24) is 0 Å². The molecule has 1 heteroatoms. The van der Waals surface area contributed by atoms with E-state index in [1.165, 1.54) is 54.6 Å². The average Bonchev–Trinajstić information content (AvgIpc) is 3.11. The minimum absolute atomic E-state index is 0.887. The lowest BCUT2D eigenvalue weighted by molar-refractivity contribution is 0.488. The molecule has 0 fully saturated rings. The molecule has 0 atom stereocenters. The van der Waals surface area contributed by atoms with Gasteiger partial charge in [-0.05, 0) is 78.8 Å². The Morgan fingerprint density at radius 3 is 1.46 bits per heavy atom. The van der Waals surface area contributed by atoms with Crippen LogP contribution in [0.15, 0.2) is 133 Å². The Hall–Kier alpha value is -4.88. The molecule has 7 aromatic carbocycles. The SMILES string of the molecule is c1ccc2c(c1)Oc1ccc(-c3ccc4c5ccccc5c5ccccc5c4c3)cc1-c1ccccc1-2. The maximum atomic E-state index is 6.45. The van der Waals surface area contributed by atoms with Gasteiger partial charge in [0.1, 0.15) is 11.5 Å². The van der Waals surface area contributed by atoms with Crippen molar-refractivity contribution in [3.05, 3.63) is 133 Å². The molecular weight excluding hydrogens is 448 g/mol. The van der Waals surface area contributed by atoms with E-state index in [1.54, 1.807) is 0 Å². The van der Waals surface area contributed by atoms with E-state index in [1.807, 2.05) is 12.1 Å². The fourth-order valence-corrected chi connectivity index (χ4v) is 5.95. The Morgan fingerprint density at radius 1 is 0.297 bits per heavy atom. The highest BCUT2D eigenvalue weighted by Gasteiger charge is 2.20. The van der Waals surface area contributed by atoms with Gasteiger partial charge in [-0.3, -0.25) is 0 Å². The monoisotopic (exact) mass is 470 g/mol.